The maximum atomic E-state index is 12.3. The van der Waals surface area contributed by atoms with Gasteiger partial charge in [-0.2, -0.15) is 5.10 Å². The Kier molecular flexibility index (Phi) is 4.49. The highest BCUT2D eigenvalue weighted by Crippen LogP contribution is 2.34. The summed E-state index contributed by atoms with van der Waals surface area (Å²) >= 11 is 7.90. The highest BCUT2D eigenvalue weighted by atomic mass is 35.5. The topological polar surface area (TPSA) is 47.2 Å². The normalized spacial score (nSPS) is 15.5. The summed E-state index contributed by atoms with van der Waals surface area (Å²) in [6, 6.07) is 19.3. The zero-order chi connectivity index (χ0) is 18.1. The van der Waals surface area contributed by atoms with Crippen LogP contribution in [0.4, 0.5) is 0 Å². The van der Waals surface area contributed by atoms with Crippen molar-refractivity contribution in [2.24, 2.45) is 4.99 Å². The van der Waals surface area contributed by atoms with Crippen molar-refractivity contribution in [2.45, 2.75) is 6.92 Å². The second-order valence-electron chi connectivity index (χ2n) is 5.74. The SMILES string of the molecule is Cc1nn(-c2ccccc2)c(Cl)c1/C=C1\SC(c2ccccc2)=NC1=O. The molecule has 0 saturated heterocycles. The highest BCUT2D eigenvalue weighted by molar-refractivity contribution is 8.19. The van der Waals surface area contributed by atoms with E-state index >= 15 is 0 Å². The molecule has 26 heavy (non-hydrogen) atoms. The molecular formula is C20H14ClN3OS. The fraction of sp³-hybridized carbons (Fsp3) is 0.0500. The Bertz CT molecular complexity index is 1040. The monoisotopic (exact) mass is 379 g/mol. The van der Waals surface area contributed by atoms with E-state index in [0.29, 0.717) is 15.1 Å². The number of aliphatic imine (C=N–C) groups is 1. The standard InChI is InChI=1S/C20H14ClN3OS/c1-13-16(18(21)24(23-13)15-10-6-3-7-11-15)12-17-19(25)22-20(26-17)14-8-4-2-5-9-14/h2-12H,1H3/b17-12-. The number of nitrogens with zero attached hydrogens (tertiary/aromatic N) is 3. The number of aryl methyl sites for hydroxylation is 1. The number of rotatable bonds is 3. The molecule has 0 aliphatic carbocycles. The molecule has 4 nitrogen and oxygen atoms in total. The van der Waals surface area contributed by atoms with E-state index in [9.17, 15) is 4.79 Å². The third kappa shape index (κ3) is 3.11. The van der Waals surface area contributed by atoms with E-state index in [1.54, 1.807) is 10.8 Å². The van der Waals surface area contributed by atoms with Crippen molar-refractivity contribution in [2.75, 3.05) is 0 Å². The van der Waals surface area contributed by atoms with Crippen LogP contribution in [0.5, 0.6) is 0 Å². The molecule has 2 heterocycles. The molecular weight excluding hydrogens is 366 g/mol. The number of thioether (sulfide) groups is 1. The number of hydrogen-bond donors (Lipinski definition) is 0. The van der Waals surface area contributed by atoms with Crippen molar-refractivity contribution in [3.63, 3.8) is 0 Å². The molecule has 1 aliphatic rings. The molecule has 0 radical (unpaired) electrons. The lowest BCUT2D eigenvalue weighted by atomic mass is 10.2. The van der Waals surface area contributed by atoms with Gasteiger partial charge in [-0.25, -0.2) is 9.67 Å². The molecule has 1 aromatic heterocycles. The molecule has 0 atom stereocenters. The molecule has 0 N–H and O–H groups in total. The minimum absolute atomic E-state index is 0.253. The number of carbonyl (C=O) groups is 1. The van der Waals surface area contributed by atoms with Crippen molar-refractivity contribution in [1.29, 1.82) is 0 Å². The maximum Gasteiger partial charge on any atom is 0.284 e. The van der Waals surface area contributed by atoms with Crippen LogP contribution < -0.4 is 0 Å². The molecule has 1 aliphatic heterocycles. The molecule has 4 rings (SSSR count). The summed E-state index contributed by atoms with van der Waals surface area (Å²) in [7, 11) is 0. The number of amides is 1. The molecule has 128 valence electrons. The first-order chi connectivity index (χ1) is 12.6. The first kappa shape index (κ1) is 16.8. The zero-order valence-corrected chi connectivity index (χ0v) is 15.5. The number of carbonyl (C=O) groups excluding carboxylic acids is 1. The molecule has 0 spiro atoms. The van der Waals surface area contributed by atoms with Gasteiger partial charge in [0.15, 0.2) is 0 Å². The molecule has 1 amide bonds. The highest BCUT2D eigenvalue weighted by Gasteiger charge is 2.24. The van der Waals surface area contributed by atoms with Crippen LogP contribution in [-0.4, -0.2) is 20.7 Å². The van der Waals surface area contributed by atoms with E-state index in [-0.39, 0.29) is 5.91 Å². The van der Waals surface area contributed by atoms with Gasteiger partial charge in [-0.1, -0.05) is 71.9 Å². The largest absolute Gasteiger partial charge is 0.284 e. The summed E-state index contributed by atoms with van der Waals surface area (Å²) in [5.74, 6) is -0.253. The van der Waals surface area contributed by atoms with Gasteiger partial charge in [0.1, 0.15) is 10.2 Å². The maximum absolute atomic E-state index is 12.3. The summed E-state index contributed by atoms with van der Waals surface area (Å²) in [5, 5.41) is 5.68. The molecule has 0 saturated carbocycles. The van der Waals surface area contributed by atoms with Gasteiger partial charge in [-0.05, 0) is 25.1 Å². The van der Waals surface area contributed by atoms with Crippen molar-refractivity contribution < 1.29 is 4.79 Å². The van der Waals surface area contributed by atoms with Crippen molar-refractivity contribution in [3.8, 4) is 5.69 Å². The predicted octanol–water partition coefficient (Wildman–Crippen LogP) is 4.90. The summed E-state index contributed by atoms with van der Waals surface area (Å²) in [6.07, 6.45) is 1.77. The minimum Gasteiger partial charge on any atom is -0.266 e. The Morgan fingerprint density at radius 1 is 1.04 bits per heavy atom. The van der Waals surface area contributed by atoms with E-state index in [1.165, 1.54) is 11.8 Å². The Labute approximate surface area is 160 Å². The number of benzene rings is 2. The second-order valence-corrected chi connectivity index (χ2v) is 7.12. The molecule has 6 heteroatoms. The lowest BCUT2D eigenvalue weighted by Crippen LogP contribution is -1.95. The van der Waals surface area contributed by atoms with E-state index in [4.69, 9.17) is 11.6 Å². The van der Waals surface area contributed by atoms with Crippen molar-refractivity contribution in [1.82, 2.24) is 9.78 Å². The predicted molar refractivity (Wildman–Crippen MR) is 107 cm³/mol. The van der Waals surface area contributed by atoms with Crippen LogP contribution in [0, 0.1) is 6.92 Å². The summed E-state index contributed by atoms with van der Waals surface area (Å²) < 4.78 is 1.67. The van der Waals surface area contributed by atoms with Crippen molar-refractivity contribution in [3.05, 3.63) is 87.5 Å². The van der Waals surface area contributed by atoms with E-state index in [2.05, 4.69) is 10.1 Å². The minimum atomic E-state index is -0.253. The molecule has 3 aromatic rings. The molecule has 0 bridgehead atoms. The third-order valence-corrected chi connectivity index (χ3v) is 5.36. The van der Waals surface area contributed by atoms with Crippen LogP contribution >= 0.6 is 23.4 Å². The van der Waals surface area contributed by atoms with Crippen LogP contribution in [-0.2, 0) is 4.79 Å². The van der Waals surface area contributed by atoms with E-state index in [0.717, 1.165) is 22.5 Å². The smallest absolute Gasteiger partial charge is 0.266 e. The Balaban J connectivity index is 1.68. The quantitative estimate of drug-likeness (QED) is 0.608. The van der Waals surface area contributed by atoms with E-state index < -0.39 is 0 Å². The fourth-order valence-corrected chi connectivity index (χ4v) is 3.89. The summed E-state index contributed by atoms with van der Waals surface area (Å²) in [4.78, 5) is 17.0. The van der Waals surface area contributed by atoms with Crippen LogP contribution in [0.1, 0.15) is 16.8 Å². The van der Waals surface area contributed by atoms with Crippen LogP contribution in [0.15, 0.2) is 70.6 Å². The zero-order valence-electron chi connectivity index (χ0n) is 13.9. The van der Waals surface area contributed by atoms with Gasteiger partial charge >= 0.3 is 0 Å². The second kappa shape index (κ2) is 6.94. The van der Waals surface area contributed by atoms with Gasteiger partial charge < -0.3 is 0 Å². The lowest BCUT2D eigenvalue weighted by Gasteiger charge is -2.02. The molecule has 0 unspecified atom stereocenters. The van der Waals surface area contributed by atoms with Crippen molar-refractivity contribution >= 4 is 40.4 Å². The average Bonchev–Trinajstić information content (AvgIpc) is 3.18. The van der Waals surface area contributed by atoms with Gasteiger partial charge in [-0.15, -0.1) is 0 Å². The van der Waals surface area contributed by atoms with Gasteiger partial charge in [0.2, 0.25) is 0 Å². The van der Waals surface area contributed by atoms with Crippen LogP contribution in [0.25, 0.3) is 11.8 Å². The molecule has 0 fully saturated rings. The summed E-state index contributed by atoms with van der Waals surface area (Å²) in [6.45, 7) is 1.88. The Morgan fingerprint density at radius 2 is 1.69 bits per heavy atom. The first-order valence-corrected chi connectivity index (χ1v) is 9.21. The lowest BCUT2D eigenvalue weighted by molar-refractivity contribution is -0.113. The van der Waals surface area contributed by atoms with Gasteiger partial charge in [-0.3, -0.25) is 4.79 Å². The Morgan fingerprint density at radius 3 is 2.38 bits per heavy atom. The summed E-state index contributed by atoms with van der Waals surface area (Å²) in [5.41, 5.74) is 3.29. The van der Waals surface area contributed by atoms with Crippen LogP contribution in [0.2, 0.25) is 5.15 Å². The fourth-order valence-electron chi connectivity index (χ4n) is 2.66. The number of hydrogen-bond acceptors (Lipinski definition) is 3. The Hall–Kier alpha value is -2.63. The van der Waals surface area contributed by atoms with Gasteiger partial charge in [0, 0.05) is 11.1 Å². The number of aromatic nitrogens is 2. The third-order valence-electron chi connectivity index (χ3n) is 3.97. The first-order valence-electron chi connectivity index (χ1n) is 8.02. The number of para-hydroxylation sites is 1. The molecule has 2 aromatic carbocycles. The number of halogens is 1. The van der Waals surface area contributed by atoms with Gasteiger partial charge in [0.05, 0.1) is 16.3 Å². The van der Waals surface area contributed by atoms with Gasteiger partial charge in [0.25, 0.3) is 5.91 Å². The van der Waals surface area contributed by atoms with E-state index in [1.807, 2.05) is 67.6 Å². The average molecular weight is 380 g/mol. The van der Waals surface area contributed by atoms with Crippen LogP contribution in [0.3, 0.4) is 0 Å².